The highest BCUT2D eigenvalue weighted by atomic mass is 16.7. The van der Waals surface area contributed by atoms with Crippen LogP contribution in [0.4, 0.5) is 0 Å². The van der Waals surface area contributed by atoms with Gasteiger partial charge in [-0.1, -0.05) is 19.8 Å². The monoisotopic (exact) mass is 190 g/mol. The summed E-state index contributed by atoms with van der Waals surface area (Å²) in [5.41, 5.74) is 0. The van der Waals surface area contributed by atoms with Gasteiger partial charge in [-0.15, -0.1) is 0 Å². The van der Waals surface area contributed by atoms with E-state index in [1.165, 1.54) is 6.42 Å². The maximum Gasteiger partial charge on any atom is 0.180 e. The number of unbranched alkanes of at least 4 members (excludes halogenated alkanes) is 1. The van der Waals surface area contributed by atoms with Crippen LogP contribution in [0.15, 0.2) is 0 Å². The third-order valence-electron chi connectivity index (χ3n) is 1.85. The molecule has 3 heteroatoms. The van der Waals surface area contributed by atoms with E-state index < -0.39 is 6.29 Å². The fourth-order valence-electron chi connectivity index (χ4n) is 1.14. The van der Waals surface area contributed by atoms with Crippen LogP contribution < -0.4 is 0 Å². The van der Waals surface area contributed by atoms with Crippen molar-refractivity contribution in [3.63, 3.8) is 0 Å². The third-order valence-corrected chi connectivity index (χ3v) is 1.85. The van der Waals surface area contributed by atoms with Crippen molar-refractivity contribution in [3.05, 3.63) is 0 Å². The van der Waals surface area contributed by atoms with Gasteiger partial charge in [0.05, 0.1) is 12.7 Å². The molecule has 0 saturated heterocycles. The molecule has 2 unspecified atom stereocenters. The molecule has 0 saturated carbocycles. The summed E-state index contributed by atoms with van der Waals surface area (Å²) in [5, 5.41) is 8.88. The molecule has 0 spiro atoms. The molecule has 0 amide bonds. The first-order chi connectivity index (χ1) is 6.24. The highest BCUT2D eigenvalue weighted by Crippen LogP contribution is 2.07. The number of ether oxygens (including phenoxy) is 2. The van der Waals surface area contributed by atoms with E-state index >= 15 is 0 Å². The summed E-state index contributed by atoms with van der Waals surface area (Å²) in [6, 6.07) is 0. The van der Waals surface area contributed by atoms with Crippen molar-refractivity contribution in [2.45, 2.75) is 52.4 Å². The first kappa shape index (κ1) is 12.9. The maximum atomic E-state index is 8.88. The van der Waals surface area contributed by atoms with Crippen LogP contribution in [0.2, 0.25) is 0 Å². The van der Waals surface area contributed by atoms with Crippen LogP contribution in [0.1, 0.15) is 40.0 Å². The second-order valence-corrected chi connectivity index (χ2v) is 3.16. The molecular formula is C10H22O3. The SMILES string of the molecule is CCCCC(C)OC(CO)OCC. The molecule has 0 aliphatic carbocycles. The van der Waals surface area contributed by atoms with Crippen molar-refractivity contribution in [1.82, 2.24) is 0 Å². The Hall–Kier alpha value is -0.120. The van der Waals surface area contributed by atoms with E-state index in [9.17, 15) is 0 Å². The predicted molar refractivity (Wildman–Crippen MR) is 52.6 cm³/mol. The van der Waals surface area contributed by atoms with E-state index in [0.717, 1.165) is 12.8 Å². The lowest BCUT2D eigenvalue weighted by atomic mass is 10.2. The summed E-state index contributed by atoms with van der Waals surface area (Å²) in [7, 11) is 0. The molecule has 0 aliphatic heterocycles. The molecule has 0 aliphatic rings. The van der Waals surface area contributed by atoms with Crippen molar-refractivity contribution in [2.75, 3.05) is 13.2 Å². The van der Waals surface area contributed by atoms with Crippen LogP contribution in [0.5, 0.6) is 0 Å². The minimum absolute atomic E-state index is 0.0652. The second-order valence-electron chi connectivity index (χ2n) is 3.16. The van der Waals surface area contributed by atoms with Gasteiger partial charge in [-0.25, -0.2) is 0 Å². The van der Waals surface area contributed by atoms with E-state index in [0.29, 0.717) is 6.61 Å². The van der Waals surface area contributed by atoms with Gasteiger partial charge in [-0.05, 0) is 20.3 Å². The summed E-state index contributed by atoms with van der Waals surface area (Å²) in [4.78, 5) is 0. The van der Waals surface area contributed by atoms with Crippen LogP contribution in [-0.4, -0.2) is 30.7 Å². The molecule has 80 valence electrons. The summed E-state index contributed by atoms with van der Waals surface area (Å²) in [5.74, 6) is 0. The van der Waals surface area contributed by atoms with Crippen LogP contribution in [0, 0.1) is 0 Å². The Labute approximate surface area is 81.0 Å². The Morgan fingerprint density at radius 2 is 2.00 bits per heavy atom. The fourth-order valence-corrected chi connectivity index (χ4v) is 1.14. The van der Waals surface area contributed by atoms with Crippen molar-refractivity contribution in [2.24, 2.45) is 0 Å². The van der Waals surface area contributed by atoms with Gasteiger partial charge in [0, 0.05) is 6.61 Å². The Morgan fingerprint density at radius 3 is 2.46 bits per heavy atom. The standard InChI is InChI=1S/C10H22O3/c1-4-6-7-9(3)13-10(8-11)12-5-2/h9-11H,4-8H2,1-3H3. The van der Waals surface area contributed by atoms with Gasteiger partial charge in [0.1, 0.15) is 0 Å². The van der Waals surface area contributed by atoms with Crippen LogP contribution >= 0.6 is 0 Å². The first-order valence-electron chi connectivity index (χ1n) is 5.12. The molecule has 0 radical (unpaired) electrons. The molecule has 3 nitrogen and oxygen atoms in total. The molecule has 0 aromatic heterocycles. The lowest BCUT2D eigenvalue weighted by Gasteiger charge is -2.20. The normalized spacial score (nSPS) is 15.7. The van der Waals surface area contributed by atoms with Crippen LogP contribution in [0.3, 0.4) is 0 Å². The lowest BCUT2D eigenvalue weighted by Crippen LogP contribution is -2.26. The van der Waals surface area contributed by atoms with E-state index in [1.54, 1.807) is 0 Å². The average molecular weight is 190 g/mol. The molecular weight excluding hydrogens is 168 g/mol. The van der Waals surface area contributed by atoms with E-state index in [1.807, 2.05) is 13.8 Å². The zero-order valence-electron chi connectivity index (χ0n) is 8.95. The highest BCUT2D eigenvalue weighted by Gasteiger charge is 2.11. The number of hydrogen-bond donors (Lipinski definition) is 1. The first-order valence-corrected chi connectivity index (χ1v) is 5.12. The van der Waals surface area contributed by atoms with Gasteiger partial charge in [0.2, 0.25) is 0 Å². The zero-order valence-corrected chi connectivity index (χ0v) is 8.95. The number of aliphatic hydroxyl groups is 1. The smallest absolute Gasteiger partial charge is 0.180 e. The molecule has 0 rings (SSSR count). The van der Waals surface area contributed by atoms with Crippen LogP contribution in [-0.2, 0) is 9.47 Å². The Balaban J connectivity index is 3.53. The molecule has 0 aromatic rings. The molecule has 13 heavy (non-hydrogen) atoms. The summed E-state index contributed by atoms with van der Waals surface area (Å²) < 4.78 is 10.6. The predicted octanol–water partition coefficient (Wildman–Crippen LogP) is 1.94. The topological polar surface area (TPSA) is 38.7 Å². The van der Waals surface area contributed by atoms with Crippen LogP contribution in [0.25, 0.3) is 0 Å². The Morgan fingerprint density at radius 1 is 1.31 bits per heavy atom. The van der Waals surface area contributed by atoms with Crippen molar-refractivity contribution < 1.29 is 14.6 Å². The van der Waals surface area contributed by atoms with E-state index in [2.05, 4.69) is 6.92 Å². The van der Waals surface area contributed by atoms with Crippen molar-refractivity contribution in [3.8, 4) is 0 Å². The van der Waals surface area contributed by atoms with Gasteiger partial charge >= 0.3 is 0 Å². The quantitative estimate of drug-likeness (QED) is 0.594. The largest absolute Gasteiger partial charge is 0.391 e. The maximum absolute atomic E-state index is 8.88. The lowest BCUT2D eigenvalue weighted by molar-refractivity contribution is -0.183. The molecule has 1 N–H and O–H groups in total. The summed E-state index contributed by atoms with van der Waals surface area (Å²) in [6.45, 7) is 6.56. The number of aliphatic hydroxyl groups excluding tert-OH is 1. The summed E-state index contributed by atoms with van der Waals surface area (Å²) >= 11 is 0. The third kappa shape index (κ3) is 6.99. The van der Waals surface area contributed by atoms with Gasteiger partial charge < -0.3 is 14.6 Å². The molecule has 2 atom stereocenters. The minimum atomic E-state index is -0.447. The minimum Gasteiger partial charge on any atom is -0.391 e. The Bertz CT molecular complexity index is 106. The van der Waals surface area contributed by atoms with Gasteiger partial charge in [-0.3, -0.25) is 0 Å². The number of rotatable bonds is 8. The van der Waals surface area contributed by atoms with Gasteiger partial charge in [-0.2, -0.15) is 0 Å². The zero-order chi connectivity index (χ0) is 10.1. The van der Waals surface area contributed by atoms with Crippen molar-refractivity contribution in [1.29, 1.82) is 0 Å². The van der Waals surface area contributed by atoms with E-state index in [4.69, 9.17) is 14.6 Å². The van der Waals surface area contributed by atoms with Gasteiger partial charge in [0.25, 0.3) is 0 Å². The Kier molecular flexibility index (Phi) is 8.40. The number of hydrogen-bond acceptors (Lipinski definition) is 3. The highest BCUT2D eigenvalue weighted by molar-refractivity contribution is 4.52. The van der Waals surface area contributed by atoms with Gasteiger partial charge in [0.15, 0.2) is 6.29 Å². The van der Waals surface area contributed by atoms with Crippen molar-refractivity contribution >= 4 is 0 Å². The molecule has 0 bridgehead atoms. The molecule has 0 fully saturated rings. The fraction of sp³-hybridized carbons (Fsp3) is 1.00. The summed E-state index contributed by atoms with van der Waals surface area (Å²) in [6.07, 6.45) is 3.08. The molecule has 0 heterocycles. The second kappa shape index (κ2) is 8.48. The molecule has 0 aromatic carbocycles. The van der Waals surface area contributed by atoms with E-state index in [-0.39, 0.29) is 12.7 Å². The average Bonchev–Trinajstić information content (AvgIpc) is 2.14.